The van der Waals surface area contributed by atoms with E-state index in [4.69, 9.17) is 0 Å². The van der Waals surface area contributed by atoms with Gasteiger partial charge in [0.1, 0.15) is 0 Å². The Morgan fingerprint density at radius 2 is 2.17 bits per heavy atom. The molecule has 2 aliphatic rings. The smallest absolute Gasteiger partial charge is 0.317 e. The first-order valence-electron chi connectivity index (χ1n) is 8.86. The molecule has 3 rings (SSSR count). The van der Waals surface area contributed by atoms with E-state index in [1.54, 1.807) is 0 Å². The molecule has 5 nitrogen and oxygen atoms in total. The van der Waals surface area contributed by atoms with Gasteiger partial charge in [0.25, 0.3) is 5.56 Å². The van der Waals surface area contributed by atoms with Crippen molar-refractivity contribution in [2.75, 3.05) is 13.1 Å². The van der Waals surface area contributed by atoms with Crippen LogP contribution in [0.25, 0.3) is 0 Å². The number of allylic oxidation sites excluding steroid dienone is 2. The molecule has 2 N–H and O–H groups in total. The van der Waals surface area contributed by atoms with E-state index in [2.05, 4.69) is 22.5 Å². The highest BCUT2D eigenvalue weighted by atomic mass is 16.2. The molecule has 1 aromatic rings. The Balaban J connectivity index is 1.63. The predicted octanol–water partition coefficient (Wildman–Crippen LogP) is 3.02. The van der Waals surface area contributed by atoms with Gasteiger partial charge < -0.3 is 15.2 Å². The van der Waals surface area contributed by atoms with Crippen LogP contribution in [-0.2, 0) is 6.54 Å². The molecule has 0 aromatic carbocycles. The summed E-state index contributed by atoms with van der Waals surface area (Å²) in [6.07, 6.45) is 10.1. The van der Waals surface area contributed by atoms with Crippen LogP contribution < -0.4 is 10.9 Å². The van der Waals surface area contributed by atoms with Crippen molar-refractivity contribution >= 4 is 6.03 Å². The minimum Gasteiger partial charge on any atom is -0.334 e. The topological polar surface area (TPSA) is 65.2 Å². The fourth-order valence-electron chi connectivity index (χ4n) is 4.07. The van der Waals surface area contributed by atoms with Crippen LogP contribution in [0.5, 0.6) is 0 Å². The first-order chi connectivity index (χ1) is 11.5. The number of nitrogens with one attached hydrogen (secondary N) is 2. The first-order valence-corrected chi connectivity index (χ1v) is 8.86. The monoisotopic (exact) mass is 329 g/mol. The first kappa shape index (κ1) is 16.8. The third-order valence-corrected chi connectivity index (χ3v) is 5.42. The normalized spacial score (nSPS) is 23.5. The summed E-state index contributed by atoms with van der Waals surface area (Å²) in [5.41, 5.74) is 2.56. The van der Waals surface area contributed by atoms with Gasteiger partial charge in [-0.25, -0.2) is 4.79 Å². The zero-order chi connectivity index (χ0) is 17.2. The molecule has 0 radical (unpaired) electrons. The number of hydrogen-bond donors (Lipinski definition) is 2. The lowest BCUT2D eigenvalue weighted by atomic mass is 9.71. The van der Waals surface area contributed by atoms with Gasteiger partial charge in [-0.3, -0.25) is 4.79 Å². The number of carbonyl (C=O) groups is 1. The quantitative estimate of drug-likeness (QED) is 0.819. The number of carbonyl (C=O) groups excluding carboxylic acids is 1. The Bertz CT molecular complexity index is 707. The minimum atomic E-state index is -0.111. The molecule has 0 bridgehead atoms. The van der Waals surface area contributed by atoms with Crippen LogP contribution in [-0.4, -0.2) is 29.0 Å². The van der Waals surface area contributed by atoms with Gasteiger partial charge in [-0.05, 0) is 63.0 Å². The van der Waals surface area contributed by atoms with Gasteiger partial charge in [0, 0.05) is 24.3 Å². The summed E-state index contributed by atoms with van der Waals surface area (Å²) in [6, 6.07) is 1.88. The Kier molecular flexibility index (Phi) is 4.78. The highest BCUT2D eigenvalue weighted by molar-refractivity contribution is 5.74. The van der Waals surface area contributed by atoms with Crippen molar-refractivity contribution in [3.8, 4) is 0 Å². The Labute approximate surface area is 143 Å². The molecule has 1 atom stereocenters. The molecule has 1 aliphatic heterocycles. The highest BCUT2D eigenvalue weighted by Gasteiger charge is 2.36. The molecule has 24 heavy (non-hydrogen) atoms. The molecule has 1 fully saturated rings. The maximum absolute atomic E-state index is 12.6. The van der Waals surface area contributed by atoms with Gasteiger partial charge >= 0.3 is 6.03 Å². The van der Waals surface area contributed by atoms with Crippen molar-refractivity contribution in [3.63, 3.8) is 0 Å². The third kappa shape index (κ3) is 3.55. The van der Waals surface area contributed by atoms with E-state index in [1.807, 2.05) is 24.8 Å². The number of aryl methyl sites for hydroxylation is 2. The summed E-state index contributed by atoms with van der Waals surface area (Å²) in [6.45, 7) is 5.69. The van der Waals surface area contributed by atoms with Crippen LogP contribution in [0.3, 0.4) is 0 Å². The van der Waals surface area contributed by atoms with E-state index in [-0.39, 0.29) is 23.6 Å². The number of hydrogen-bond acceptors (Lipinski definition) is 2. The third-order valence-electron chi connectivity index (χ3n) is 5.42. The van der Waals surface area contributed by atoms with E-state index in [9.17, 15) is 9.59 Å². The minimum absolute atomic E-state index is 0.0528. The summed E-state index contributed by atoms with van der Waals surface area (Å²) < 4.78 is 0. The van der Waals surface area contributed by atoms with E-state index < -0.39 is 0 Å². The van der Waals surface area contributed by atoms with Crippen molar-refractivity contribution in [3.05, 3.63) is 45.4 Å². The van der Waals surface area contributed by atoms with Crippen LogP contribution in [0.4, 0.5) is 4.79 Å². The molecule has 2 amide bonds. The molecule has 1 unspecified atom stereocenters. The van der Waals surface area contributed by atoms with Gasteiger partial charge in [-0.2, -0.15) is 0 Å². The van der Waals surface area contributed by atoms with Gasteiger partial charge in [0.05, 0.1) is 6.54 Å². The predicted molar refractivity (Wildman–Crippen MR) is 95.0 cm³/mol. The van der Waals surface area contributed by atoms with Crippen molar-refractivity contribution in [2.24, 2.45) is 5.41 Å². The summed E-state index contributed by atoms with van der Waals surface area (Å²) in [5.74, 6) is 0. The lowest BCUT2D eigenvalue weighted by Crippen LogP contribution is -2.50. The second-order valence-electron chi connectivity index (χ2n) is 7.34. The van der Waals surface area contributed by atoms with E-state index in [0.717, 1.165) is 43.6 Å². The van der Waals surface area contributed by atoms with Crippen molar-refractivity contribution < 1.29 is 4.79 Å². The van der Waals surface area contributed by atoms with Gasteiger partial charge in [0.15, 0.2) is 0 Å². The molecule has 1 saturated heterocycles. The number of H-pyrrole nitrogens is 1. The number of pyridine rings is 1. The Morgan fingerprint density at radius 1 is 1.33 bits per heavy atom. The fraction of sp³-hybridized carbons (Fsp3) is 0.579. The van der Waals surface area contributed by atoms with Crippen molar-refractivity contribution in [2.45, 2.75) is 52.5 Å². The van der Waals surface area contributed by atoms with E-state index in [1.165, 1.54) is 12.8 Å². The number of aromatic amines is 1. The number of rotatable bonds is 2. The van der Waals surface area contributed by atoms with Crippen LogP contribution in [0.15, 0.2) is 23.0 Å². The summed E-state index contributed by atoms with van der Waals surface area (Å²) in [7, 11) is 0. The molecule has 1 aliphatic carbocycles. The number of piperidine rings is 1. The lowest BCUT2D eigenvalue weighted by Gasteiger charge is -2.43. The Hall–Kier alpha value is -2.04. The SMILES string of the molecule is Cc1cc(C)c(CNC(=O)N2CCCC3(CC=CCC3)C2)c(=O)[nH]1. The molecular weight excluding hydrogens is 302 g/mol. The maximum atomic E-state index is 12.6. The van der Waals surface area contributed by atoms with Gasteiger partial charge in [0.2, 0.25) is 0 Å². The standard InChI is InChI=1S/C19H27N3O2/c1-14-11-15(2)21-17(23)16(14)12-20-18(24)22-10-6-9-19(13-22)7-4-3-5-8-19/h3-4,11H,5-10,12-13H2,1-2H3,(H,20,24)(H,21,23). The lowest BCUT2D eigenvalue weighted by molar-refractivity contribution is 0.0958. The zero-order valence-corrected chi connectivity index (χ0v) is 14.7. The number of nitrogens with zero attached hydrogens (tertiary/aromatic N) is 1. The summed E-state index contributed by atoms with van der Waals surface area (Å²) in [5, 5.41) is 2.94. The van der Waals surface area contributed by atoms with E-state index >= 15 is 0 Å². The van der Waals surface area contributed by atoms with Crippen LogP contribution in [0.2, 0.25) is 0 Å². The molecule has 5 heteroatoms. The maximum Gasteiger partial charge on any atom is 0.317 e. The highest BCUT2D eigenvalue weighted by Crippen LogP contribution is 2.40. The molecule has 1 aromatic heterocycles. The molecule has 0 saturated carbocycles. The number of urea groups is 1. The van der Waals surface area contributed by atoms with Crippen molar-refractivity contribution in [1.82, 2.24) is 15.2 Å². The average Bonchev–Trinajstić information content (AvgIpc) is 2.54. The molecule has 2 heterocycles. The Morgan fingerprint density at radius 3 is 2.88 bits per heavy atom. The second-order valence-corrected chi connectivity index (χ2v) is 7.34. The average molecular weight is 329 g/mol. The molecular formula is C19H27N3O2. The summed E-state index contributed by atoms with van der Waals surface area (Å²) in [4.78, 5) is 29.4. The fourth-order valence-corrected chi connectivity index (χ4v) is 4.07. The number of aromatic nitrogens is 1. The number of amides is 2. The van der Waals surface area contributed by atoms with Crippen LogP contribution in [0.1, 0.15) is 48.9 Å². The molecule has 130 valence electrons. The van der Waals surface area contributed by atoms with Crippen LogP contribution >= 0.6 is 0 Å². The zero-order valence-electron chi connectivity index (χ0n) is 14.7. The largest absolute Gasteiger partial charge is 0.334 e. The van der Waals surface area contributed by atoms with Gasteiger partial charge in [-0.15, -0.1) is 0 Å². The van der Waals surface area contributed by atoms with Crippen molar-refractivity contribution in [1.29, 1.82) is 0 Å². The van der Waals surface area contributed by atoms with E-state index in [0.29, 0.717) is 5.56 Å². The van der Waals surface area contributed by atoms with Crippen LogP contribution in [0, 0.1) is 19.3 Å². The number of likely N-dealkylation sites (tertiary alicyclic amines) is 1. The molecule has 1 spiro atoms. The summed E-state index contributed by atoms with van der Waals surface area (Å²) >= 11 is 0. The second kappa shape index (κ2) is 6.83. The van der Waals surface area contributed by atoms with Gasteiger partial charge in [-0.1, -0.05) is 12.2 Å².